The van der Waals surface area contributed by atoms with Gasteiger partial charge in [-0.15, -0.1) is 0 Å². The highest BCUT2D eigenvalue weighted by Crippen LogP contribution is 2.24. The summed E-state index contributed by atoms with van der Waals surface area (Å²) >= 11 is 0. The largest absolute Gasteiger partial charge is 0.385 e. The van der Waals surface area contributed by atoms with Crippen LogP contribution in [0.15, 0.2) is 36.9 Å². The molecule has 1 aromatic carbocycles. The van der Waals surface area contributed by atoms with Crippen LogP contribution in [0.25, 0.3) is 29.3 Å². The Labute approximate surface area is 178 Å². The van der Waals surface area contributed by atoms with Gasteiger partial charge in [-0.25, -0.2) is 0 Å². The minimum absolute atomic E-state index is 0.456. The van der Waals surface area contributed by atoms with Gasteiger partial charge in [0.2, 0.25) is 0 Å². The number of nitrogens with one attached hydrogen (secondary N) is 4. The van der Waals surface area contributed by atoms with Gasteiger partial charge in [-0.1, -0.05) is 36.9 Å². The highest BCUT2D eigenvalue weighted by atomic mass is 14.9. The maximum atomic E-state index is 4.32. The minimum Gasteiger partial charge on any atom is -0.385 e. The zero-order valence-electron chi connectivity index (χ0n) is 18.3. The molecule has 0 amide bonds. The van der Waals surface area contributed by atoms with Crippen molar-refractivity contribution in [2.75, 3.05) is 13.1 Å². The maximum Gasteiger partial charge on any atom is 0.0464 e. The van der Waals surface area contributed by atoms with Crippen molar-refractivity contribution >= 4 is 29.3 Å². The molecule has 2 aromatic heterocycles. The Bertz CT molecular complexity index is 1220. The number of aryl methyl sites for hydroxylation is 2. The molecule has 0 bridgehead atoms. The smallest absolute Gasteiger partial charge is 0.0464 e. The van der Waals surface area contributed by atoms with E-state index in [0.717, 1.165) is 59.1 Å². The molecule has 4 nitrogen and oxygen atoms in total. The molecule has 0 fully saturated rings. The van der Waals surface area contributed by atoms with Gasteiger partial charge in [0.25, 0.3) is 0 Å². The highest BCUT2D eigenvalue weighted by molar-refractivity contribution is 5.83. The van der Waals surface area contributed by atoms with E-state index in [0.29, 0.717) is 6.04 Å². The van der Waals surface area contributed by atoms with E-state index in [1.165, 1.54) is 22.1 Å². The van der Waals surface area contributed by atoms with Crippen molar-refractivity contribution in [1.29, 1.82) is 0 Å². The lowest BCUT2D eigenvalue weighted by molar-refractivity contribution is 0.536. The molecule has 30 heavy (non-hydrogen) atoms. The van der Waals surface area contributed by atoms with E-state index in [2.05, 4.69) is 91.0 Å². The summed E-state index contributed by atoms with van der Waals surface area (Å²) < 4.78 is 0. The summed E-state index contributed by atoms with van der Waals surface area (Å²) in [5.74, 6) is 0. The summed E-state index contributed by atoms with van der Waals surface area (Å²) in [5, 5.41) is 10.3. The van der Waals surface area contributed by atoms with Gasteiger partial charge < -0.3 is 20.6 Å². The first-order valence-corrected chi connectivity index (χ1v) is 10.8. The first-order valence-electron chi connectivity index (χ1n) is 10.8. The van der Waals surface area contributed by atoms with E-state index in [-0.39, 0.29) is 0 Å². The summed E-state index contributed by atoms with van der Waals surface area (Å²) in [7, 11) is 0. The number of rotatable bonds is 6. The van der Waals surface area contributed by atoms with Crippen molar-refractivity contribution in [2.45, 2.75) is 39.7 Å². The molecule has 0 saturated carbocycles. The maximum absolute atomic E-state index is 4.32. The monoisotopic (exact) mass is 400 g/mol. The molecule has 3 heterocycles. The molecule has 0 spiro atoms. The molecule has 1 unspecified atom stereocenters. The summed E-state index contributed by atoms with van der Waals surface area (Å²) in [4.78, 5) is 6.96. The Morgan fingerprint density at radius 2 is 2.07 bits per heavy atom. The van der Waals surface area contributed by atoms with Crippen molar-refractivity contribution in [3.63, 3.8) is 0 Å². The second-order valence-electron chi connectivity index (χ2n) is 8.35. The third-order valence-electron chi connectivity index (χ3n) is 6.02. The van der Waals surface area contributed by atoms with Gasteiger partial charge >= 0.3 is 0 Å². The van der Waals surface area contributed by atoms with Gasteiger partial charge in [0.05, 0.1) is 0 Å². The summed E-state index contributed by atoms with van der Waals surface area (Å²) in [6, 6.07) is 6.92. The lowest BCUT2D eigenvalue weighted by Crippen LogP contribution is -2.33. The van der Waals surface area contributed by atoms with Crippen LogP contribution < -0.4 is 21.2 Å². The van der Waals surface area contributed by atoms with E-state index in [9.17, 15) is 0 Å². The molecule has 1 atom stereocenters. The van der Waals surface area contributed by atoms with Crippen LogP contribution in [-0.2, 0) is 0 Å². The number of aromatic nitrogens is 2. The van der Waals surface area contributed by atoms with Crippen LogP contribution in [-0.4, -0.2) is 29.1 Å². The molecular formula is C26H32N4. The predicted octanol–water partition coefficient (Wildman–Crippen LogP) is 3.53. The van der Waals surface area contributed by atoms with Gasteiger partial charge in [-0.3, -0.25) is 0 Å². The quantitative estimate of drug-likeness (QED) is 0.479. The van der Waals surface area contributed by atoms with Gasteiger partial charge in [-0.2, -0.15) is 0 Å². The summed E-state index contributed by atoms with van der Waals surface area (Å²) in [6.45, 7) is 16.9. The molecule has 4 heteroatoms. The van der Waals surface area contributed by atoms with E-state index in [1.807, 2.05) is 0 Å². The Morgan fingerprint density at radius 3 is 2.83 bits per heavy atom. The number of benzene rings is 1. The van der Waals surface area contributed by atoms with Crippen molar-refractivity contribution < 1.29 is 0 Å². The fourth-order valence-electron chi connectivity index (χ4n) is 4.41. The SMILES string of the molecule is C=C(NCCC1C=CCCN1)c1c(C)[nH]c(/C=c2\c(=C)[nH]c3ccc(C)cc23)c1C. The normalized spacial score (nSPS) is 17.0. The average molecular weight is 401 g/mol. The van der Waals surface area contributed by atoms with Gasteiger partial charge in [0.1, 0.15) is 0 Å². The third kappa shape index (κ3) is 4.01. The van der Waals surface area contributed by atoms with Crippen LogP contribution in [0, 0.1) is 20.8 Å². The molecule has 3 aromatic rings. The second kappa shape index (κ2) is 8.41. The van der Waals surface area contributed by atoms with Crippen LogP contribution in [0.4, 0.5) is 0 Å². The van der Waals surface area contributed by atoms with Crippen LogP contribution >= 0.6 is 0 Å². The molecule has 1 aliphatic rings. The third-order valence-corrected chi connectivity index (χ3v) is 6.02. The molecular weight excluding hydrogens is 368 g/mol. The fourth-order valence-corrected chi connectivity index (χ4v) is 4.41. The fraction of sp³-hybridized carbons (Fsp3) is 0.308. The van der Waals surface area contributed by atoms with Crippen molar-refractivity contribution in [1.82, 2.24) is 20.6 Å². The zero-order valence-corrected chi connectivity index (χ0v) is 18.3. The minimum atomic E-state index is 0.456. The van der Waals surface area contributed by atoms with E-state index < -0.39 is 0 Å². The van der Waals surface area contributed by atoms with E-state index >= 15 is 0 Å². The van der Waals surface area contributed by atoms with Crippen LogP contribution in [0.5, 0.6) is 0 Å². The highest BCUT2D eigenvalue weighted by Gasteiger charge is 2.14. The van der Waals surface area contributed by atoms with Crippen LogP contribution in [0.2, 0.25) is 0 Å². The van der Waals surface area contributed by atoms with Gasteiger partial charge in [-0.05, 0) is 63.9 Å². The molecule has 0 radical (unpaired) electrons. The first-order chi connectivity index (χ1) is 14.4. The molecule has 4 rings (SSSR count). The molecule has 1 aliphatic heterocycles. The Hall–Kier alpha value is -2.98. The molecule has 4 N–H and O–H groups in total. The Morgan fingerprint density at radius 1 is 1.23 bits per heavy atom. The number of hydrogen-bond donors (Lipinski definition) is 4. The van der Waals surface area contributed by atoms with Gasteiger partial charge in [0, 0.05) is 56.7 Å². The van der Waals surface area contributed by atoms with Crippen LogP contribution in [0.3, 0.4) is 0 Å². The van der Waals surface area contributed by atoms with Crippen molar-refractivity contribution in [2.24, 2.45) is 0 Å². The molecule has 0 aliphatic carbocycles. The number of fused-ring (bicyclic) bond motifs is 1. The standard InChI is InChI=1S/C26H32N4/c1-16-9-10-24-23(14-16)22(18(3)29-24)15-25-17(2)26(20(5)30-25)19(4)27-13-11-21-8-6-7-12-28-21/h6,8-10,14-15,21,27-30H,3-4,7,11-13H2,1-2,5H3/b22-15+. The molecule has 156 valence electrons. The van der Waals surface area contributed by atoms with E-state index in [4.69, 9.17) is 0 Å². The Kier molecular flexibility index (Phi) is 5.69. The van der Waals surface area contributed by atoms with Crippen molar-refractivity contribution in [3.05, 3.63) is 75.6 Å². The Balaban J connectivity index is 1.59. The van der Waals surface area contributed by atoms with Gasteiger partial charge in [0.15, 0.2) is 0 Å². The number of aromatic amines is 2. The average Bonchev–Trinajstić information content (AvgIpc) is 3.18. The first kappa shape index (κ1) is 20.3. The number of H-pyrrole nitrogens is 2. The van der Waals surface area contributed by atoms with Crippen LogP contribution in [0.1, 0.15) is 40.9 Å². The lowest BCUT2D eigenvalue weighted by atomic mass is 10.1. The number of hydrogen-bond acceptors (Lipinski definition) is 2. The summed E-state index contributed by atoms with van der Waals surface area (Å²) in [5.41, 5.74) is 7.97. The predicted molar refractivity (Wildman–Crippen MR) is 129 cm³/mol. The van der Waals surface area contributed by atoms with Crippen molar-refractivity contribution in [3.8, 4) is 0 Å². The zero-order chi connectivity index (χ0) is 21.3. The molecule has 0 saturated heterocycles. The summed E-state index contributed by atoms with van der Waals surface area (Å²) in [6.07, 6.45) is 8.92. The lowest BCUT2D eigenvalue weighted by Gasteiger charge is -2.19. The topological polar surface area (TPSA) is 55.6 Å². The van der Waals surface area contributed by atoms with E-state index in [1.54, 1.807) is 0 Å². The second-order valence-corrected chi connectivity index (χ2v) is 8.35.